The third-order valence-corrected chi connectivity index (χ3v) is 8.17. The first-order valence-corrected chi connectivity index (χ1v) is 10.4. The Kier molecular flexibility index (Phi) is 5.58. The minimum absolute atomic E-state index is 0.619. The van der Waals surface area contributed by atoms with Gasteiger partial charge in [-0.15, -0.1) is 0 Å². The maximum Gasteiger partial charge on any atom is 0.113 e. The van der Waals surface area contributed by atoms with E-state index in [0.717, 1.165) is 5.76 Å². The molecule has 0 fully saturated rings. The van der Waals surface area contributed by atoms with E-state index in [1.165, 1.54) is 15.9 Å². The molecular weight excluding hydrogens is 323 g/mol. The van der Waals surface area contributed by atoms with Crippen LogP contribution in [0.1, 0.15) is 6.92 Å². The third kappa shape index (κ3) is 3.62. The first-order chi connectivity index (χ1) is 12.3. The van der Waals surface area contributed by atoms with Gasteiger partial charge in [0.05, 0.1) is 6.61 Å². The lowest BCUT2D eigenvalue weighted by molar-refractivity contribution is 0.253. The molecule has 0 heterocycles. The molecule has 0 aliphatic heterocycles. The highest BCUT2D eigenvalue weighted by Gasteiger charge is 2.25. The topological polar surface area (TPSA) is 9.23 Å². The lowest BCUT2D eigenvalue weighted by atomic mass is 10.4. The smallest absolute Gasteiger partial charge is 0.113 e. The average molecular weight is 346 g/mol. The molecule has 2 heteroatoms. The SMILES string of the molecule is C=C(C=P(c1ccccc1)(c1ccccc1)c1ccccc1)OCC. The predicted octanol–water partition coefficient (Wildman–Crippen LogP) is 4.33. The van der Waals surface area contributed by atoms with Crippen molar-refractivity contribution in [1.29, 1.82) is 0 Å². The van der Waals surface area contributed by atoms with Crippen molar-refractivity contribution in [2.75, 3.05) is 6.61 Å². The van der Waals surface area contributed by atoms with Crippen LogP contribution in [0.25, 0.3) is 0 Å². The van der Waals surface area contributed by atoms with Crippen LogP contribution in [0, 0.1) is 0 Å². The van der Waals surface area contributed by atoms with Crippen molar-refractivity contribution >= 4 is 28.6 Å². The Morgan fingerprint density at radius 1 is 0.760 bits per heavy atom. The number of allylic oxidation sites excluding steroid dienone is 1. The highest BCUT2D eigenvalue weighted by Crippen LogP contribution is 2.44. The van der Waals surface area contributed by atoms with E-state index in [1.54, 1.807) is 0 Å². The van der Waals surface area contributed by atoms with Crippen LogP contribution < -0.4 is 15.9 Å². The van der Waals surface area contributed by atoms with Crippen LogP contribution in [0.5, 0.6) is 0 Å². The van der Waals surface area contributed by atoms with Gasteiger partial charge in [0.1, 0.15) is 5.76 Å². The van der Waals surface area contributed by atoms with Crippen LogP contribution in [0.2, 0.25) is 0 Å². The van der Waals surface area contributed by atoms with Crippen molar-refractivity contribution in [3.05, 3.63) is 103 Å². The molecule has 126 valence electrons. The van der Waals surface area contributed by atoms with Gasteiger partial charge in [-0.3, -0.25) is 0 Å². The molecule has 3 aromatic rings. The largest absolute Gasteiger partial charge is 0.494 e. The summed E-state index contributed by atoms with van der Waals surface area (Å²) < 4.78 is 5.74. The quantitative estimate of drug-likeness (QED) is 0.477. The fourth-order valence-corrected chi connectivity index (χ4v) is 6.87. The Hall–Kier alpha value is -2.50. The molecule has 3 rings (SSSR count). The second-order valence-corrected chi connectivity index (χ2v) is 9.01. The van der Waals surface area contributed by atoms with Crippen LogP contribution in [-0.2, 0) is 4.74 Å². The van der Waals surface area contributed by atoms with Gasteiger partial charge in [0.2, 0.25) is 0 Å². The predicted molar refractivity (Wildman–Crippen MR) is 112 cm³/mol. The molecule has 0 aliphatic rings. The summed E-state index contributed by atoms with van der Waals surface area (Å²) in [4.78, 5) is 0. The Morgan fingerprint density at radius 3 is 1.44 bits per heavy atom. The van der Waals surface area contributed by atoms with Gasteiger partial charge in [-0.1, -0.05) is 97.6 Å². The van der Waals surface area contributed by atoms with E-state index in [1.807, 2.05) is 6.92 Å². The summed E-state index contributed by atoms with van der Waals surface area (Å²) in [5, 5.41) is 3.90. The Morgan fingerprint density at radius 2 is 1.12 bits per heavy atom. The van der Waals surface area contributed by atoms with E-state index in [9.17, 15) is 0 Å². The Bertz CT molecular complexity index is 764. The third-order valence-electron chi connectivity index (χ3n) is 4.16. The number of hydrogen-bond donors (Lipinski definition) is 0. The van der Waals surface area contributed by atoms with Crippen molar-refractivity contribution in [2.24, 2.45) is 0 Å². The lowest BCUT2D eigenvalue weighted by Crippen LogP contribution is -2.27. The van der Waals surface area contributed by atoms with Gasteiger partial charge < -0.3 is 4.74 Å². The monoisotopic (exact) mass is 346 g/mol. The van der Waals surface area contributed by atoms with Crippen molar-refractivity contribution in [2.45, 2.75) is 6.92 Å². The number of benzene rings is 3. The summed E-state index contributed by atoms with van der Waals surface area (Å²) >= 11 is 0. The zero-order valence-corrected chi connectivity index (χ0v) is 15.4. The highest BCUT2D eigenvalue weighted by molar-refractivity contribution is 7.94. The van der Waals surface area contributed by atoms with Gasteiger partial charge in [0.15, 0.2) is 0 Å². The van der Waals surface area contributed by atoms with Gasteiger partial charge in [0.25, 0.3) is 0 Å². The van der Waals surface area contributed by atoms with Crippen molar-refractivity contribution in [1.82, 2.24) is 0 Å². The molecule has 0 unspecified atom stereocenters. The molecule has 0 N–H and O–H groups in total. The van der Waals surface area contributed by atoms with E-state index in [0.29, 0.717) is 6.61 Å². The minimum atomic E-state index is -1.99. The van der Waals surface area contributed by atoms with Crippen LogP contribution in [-0.4, -0.2) is 12.4 Å². The maximum absolute atomic E-state index is 5.74. The summed E-state index contributed by atoms with van der Waals surface area (Å²) in [7, 11) is 0. The standard InChI is InChI=1S/C23H23OP/c1-3-24-20(2)19-25(21-13-7-4-8-14-21,22-15-9-5-10-16-22)23-17-11-6-12-18-23/h4-19H,2-3H2,1H3. The van der Waals surface area contributed by atoms with E-state index < -0.39 is 6.89 Å². The van der Waals surface area contributed by atoms with E-state index in [2.05, 4.69) is 103 Å². The highest BCUT2D eigenvalue weighted by atomic mass is 31.2. The first-order valence-electron chi connectivity index (χ1n) is 8.50. The maximum atomic E-state index is 5.74. The fraction of sp³-hybridized carbons (Fsp3) is 0.0870. The van der Waals surface area contributed by atoms with E-state index in [-0.39, 0.29) is 0 Å². The first kappa shape index (κ1) is 17.3. The molecule has 0 saturated heterocycles. The van der Waals surface area contributed by atoms with Crippen LogP contribution in [0.4, 0.5) is 0 Å². The molecule has 0 bridgehead atoms. The molecule has 3 aromatic carbocycles. The molecule has 0 saturated carbocycles. The number of hydrogen-bond acceptors (Lipinski definition) is 1. The lowest BCUT2D eigenvalue weighted by Gasteiger charge is -2.29. The van der Waals surface area contributed by atoms with Gasteiger partial charge in [-0.05, 0) is 35.5 Å². The zero-order chi connectivity index (χ0) is 17.5. The molecular formula is C23H23OP. The molecule has 0 spiro atoms. The van der Waals surface area contributed by atoms with Crippen molar-refractivity contribution < 1.29 is 4.74 Å². The molecule has 1 nitrogen and oxygen atoms in total. The zero-order valence-electron chi connectivity index (χ0n) is 14.5. The summed E-state index contributed by atoms with van der Waals surface area (Å²) in [5.41, 5.74) is 0. The summed E-state index contributed by atoms with van der Waals surface area (Å²) in [6.45, 7) is 4.78. The van der Waals surface area contributed by atoms with Gasteiger partial charge in [-0.2, -0.15) is 0 Å². The Balaban J connectivity index is 2.38. The average Bonchev–Trinajstić information content (AvgIpc) is 2.68. The van der Waals surface area contributed by atoms with Gasteiger partial charge in [0, 0.05) is 0 Å². The molecule has 0 atom stereocenters. The molecule has 0 radical (unpaired) electrons. The second-order valence-electron chi connectivity index (χ2n) is 5.76. The Labute approximate surface area is 150 Å². The summed E-state index contributed by atoms with van der Waals surface area (Å²) in [5.74, 6) is 2.98. The second kappa shape index (κ2) is 8.05. The number of ether oxygens (including phenoxy) is 1. The summed E-state index contributed by atoms with van der Waals surface area (Å²) in [6, 6.07) is 32.1. The van der Waals surface area contributed by atoms with E-state index >= 15 is 0 Å². The fourth-order valence-electron chi connectivity index (χ4n) is 3.10. The minimum Gasteiger partial charge on any atom is -0.494 e. The van der Waals surface area contributed by atoms with Crippen LogP contribution in [0.3, 0.4) is 0 Å². The van der Waals surface area contributed by atoms with Crippen molar-refractivity contribution in [3.63, 3.8) is 0 Å². The van der Waals surface area contributed by atoms with Crippen molar-refractivity contribution in [3.8, 4) is 0 Å². The molecule has 0 aliphatic carbocycles. The molecule has 0 amide bonds. The molecule has 25 heavy (non-hydrogen) atoms. The van der Waals surface area contributed by atoms with E-state index in [4.69, 9.17) is 4.74 Å². The van der Waals surface area contributed by atoms with Crippen LogP contribution in [0.15, 0.2) is 103 Å². The van der Waals surface area contributed by atoms with Gasteiger partial charge in [-0.25, -0.2) is 0 Å². The normalized spacial score (nSPS) is 10.9. The van der Waals surface area contributed by atoms with Gasteiger partial charge >= 0.3 is 0 Å². The molecule has 0 aromatic heterocycles. The number of rotatable bonds is 6. The van der Waals surface area contributed by atoms with Crippen LogP contribution >= 0.6 is 6.89 Å². The summed E-state index contributed by atoms with van der Waals surface area (Å²) in [6.07, 6.45) is 0.